The van der Waals surface area contributed by atoms with Crippen molar-refractivity contribution in [3.63, 3.8) is 0 Å². The maximum absolute atomic E-state index is 3.58. The van der Waals surface area contributed by atoms with E-state index in [1.807, 2.05) is 0 Å². The van der Waals surface area contributed by atoms with Gasteiger partial charge in [-0.05, 0) is 61.1 Å². The van der Waals surface area contributed by atoms with Crippen molar-refractivity contribution in [2.24, 2.45) is 11.3 Å². The number of nitrogens with one attached hydrogen (secondary N) is 1. The Morgan fingerprint density at radius 2 is 1.86 bits per heavy atom. The minimum Gasteiger partial charge on any atom is -0.313 e. The lowest BCUT2D eigenvalue weighted by atomic mass is 9.75. The van der Waals surface area contributed by atoms with Crippen LogP contribution in [0.5, 0.6) is 0 Å². The van der Waals surface area contributed by atoms with Crippen LogP contribution in [-0.4, -0.2) is 7.05 Å². The maximum atomic E-state index is 3.58. The molecule has 1 fully saturated rings. The molecule has 0 saturated heterocycles. The van der Waals surface area contributed by atoms with Gasteiger partial charge >= 0.3 is 0 Å². The Bertz CT molecular complexity index is 439. The molecule has 2 unspecified atom stereocenters. The zero-order valence-corrected chi connectivity index (χ0v) is 14.6. The van der Waals surface area contributed by atoms with E-state index in [0.717, 1.165) is 11.8 Å². The third-order valence-corrected chi connectivity index (χ3v) is 4.86. The Balaban J connectivity index is 2.10. The van der Waals surface area contributed by atoms with Gasteiger partial charge in [-0.1, -0.05) is 58.4 Å². The van der Waals surface area contributed by atoms with Crippen LogP contribution in [0.4, 0.5) is 0 Å². The molecule has 0 spiro atoms. The van der Waals surface area contributed by atoms with E-state index >= 15 is 0 Å². The van der Waals surface area contributed by atoms with Gasteiger partial charge in [0, 0.05) is 6.04 Å². The lowest BCUT2D eigenvalue weighted by Gasteiger charge is -2.32. The van der Waals surface area contributed by atoms with Crippen LogP contribution in [0.25, 0.3) is 0 Å². The van der Waals surface area contributed by atoms with Crippen LogP contribution in [0, 0.1) is 11.3 Å². The van der Waals surface area contributed by atoms with E-state index < -0.39 is 0 Å². The Morgan fingerprint density at radius 1 is 1.19 bits per heavy atom. The Kier molecular flexibility index (Phi) is 5.48. The van der Waals surface area contributed by atoms with Crippen molar-refractivity contribution in [3.05, 3.63) is 35.4 Å². The molecule has 2 rings (SSSR count). The molecular weight excluding hydrogens is 254 g/mol. The summed E-state index contributed by atoms with van der Waals surface area (Å²) in [5, 5.41) is 3.58. The topological polar surface area (TPSA) is 12.0 Å². The van der Waals surface area contributed by atoms with E-state index in [9.17, 15) is 0 Å². The van der Waals surface area contributed by atoms with Crippen LogP contribution in [0.15, 0.2) is 24.3 Å². The molecular formula is C20H33N. The molecule has 118 valence electrons. The van der Waals surface area contributed by atoms with Gasteiger partial charge in [0.05, 0.1) is 0 Å². The molecule has 2 atom stereocenters. The minimum atomic E-state index is 0.422. The highest BCUT2D eigenvalue weighted by molar-refractivity contribution is 5.34. The summed E-state index contributed by atoms with van der Waals surface area (Å²) < 4.78 is 0. The second-order valence-electron chi connectivity index (χ2n) is 8.20. The molecule has 21 heavy (non-hydrogen) atoms. The molecule has 0 aromatic heterocycles. The SMILES string of the molecule is CNC(CC(C)CC(C)(C)C)c1ccccc1C1CCC1. The maximum Gasteiger partial charge on any atom is 0.0322 e. The highest BCUT2D eigenvalue weighted by atomic mass is 14.9. The van der Waals surface area contributed by atoms with Gasteiger partial charge in [-0.25, -0.2) is 0 Å². The van der Waals surface area contributed by atoms with Gasteiger partial charge in [0.1, 0.15) is 0 Å². The first-order valence-corrected chi connectivity index (χ1v) is 8.67. The normalized spacial score (nSPS) is 19.1. The van der Waals surface area contributed by atoms with E-state index in [4.69, 9.17) is 0 Å². The lowest BCUT2D eigenvalue weighted by Crippen LogP contribution is -2.24. The summed E-state index contributed by atoms with van der Waals surface area (Å²) in [5.74, 6) is 1.56. The van der Waals surface area contributed by atoms with E-state index in [1.54, 1.807) is 11.1 Å². The summed E-state index contributed by atoms with van der Waals surface area (Å²) in [5.41, 5.74) is 3.57. The van der Waals surface area contributed by atoms with Crippen molar-refractivity contribution in [1.82, 2.24) is 5.32 Å². The summed E-state index contributed by atoms with van der Waals surface area (Å²) in [7, 11) is 2.12. The summed E-state index contributed by atoms with van der Waals surface area (Å²) in [6, 6.07) is 9.62. The Morgan fingerprint density at radius 3 is 2.38 bits per heavy atom. The molecule has 1 aliphatic carbocycles. The Hall–Kier alpha value is -0.820. The second-order valence-corrected chi connectivity index (χ2v) is 8.20. The highest BCUT2D eigenvalue weighted by Crippen LogP contribution is 2.40. The molecule has 1 N–H and O–H groups in total. The van der Waals surface area contributed by atoms with Crippen molar-refractivity contribution >= 4 is 0 Å². The van der Waals surface area contributed by atoms with Crippen molar-refractivity contribution < 1.29 is 0 Å². The predicted octanol–water partition coefficient (Wildman–Crippen LogP) is 5.68. The summed E-state index contributed by atoms with van der Waals surface area (Å²) in [4.78, 5) is 0. The van der Waals surface area contributed by atoms with E-state index in [0.29, 0.717) is 11.5 Å². The fourth-order valence-electron chi connectivity index (χ4n) is 3.85. The monoisotopic (exact) mass is 287 g/mol. The van der Waals surface area contributed by atoms with E-state index in [2.05, 4.69) is 64.3 Å². The van der Waals surface area contributed by atoms with Crippen molar-refractivity contribution in [3.8, 4) is 0 Å². The van der Waals surface area contributed by atoms with Crippen molar-refractivity contribution in [1.29, 1.82) is 0 Å². The largest absolute Gasteiger partial charge is 0.313 e. The van der Waals surface area contributed by atoms with Crippen LogP contribution in [-0.2, 0) is 0 Å². The third kappa shape index (κ3) is 4.57. The van der Waals surface area contributed by atoms with Gasteiger partial charge in [-0.15, -0.1) is 0 Å². The fraction of sp³-hybridized carbons (Fsp3) is 0.700. The van der Waals surface area contributed by atoms with Gasteiger partial charge in [-0.2, -0.15) is 0 Å². The first-order valence-electron chi connectivity index (χ1n) is 8.67. The smallest absolute Gasteiger partial charge is 0.0322 e. The van der Waals surface area contributed by atoms with Gasteiger partial charge < -0.3 is 5.32 Å². The Labute approximate surface area is 131 Å². The molecule has 1 aliphatic rings. The minimum absolute atomic E-state index is 0.422. The van der Waals surface area contributed by atoms with Gasteiger partial charge in [0.25, 0.3) is 0 Å². The summed E-state index contributed by atoms with van der Waals surface area (Å²) in [6.45, 7) is 9.45. The summed E-state index contributed by atoms with van der Waals surface area (Å²) >= 11 is 0. The van der Waals surface area contributed by atoms with Gasteiger partial charge in [0.2, 0.25) is 0 Å². The van der Waals surface area contributed by atoms with Crippen molar-refractivity contribution in [2.45, 2.75) is 71.8 Å². The zero-order chi connectivity index (χ0) is 15.5. The van der Waals surface area contributed by atoms with Crippen molar-refractivity contribution in [2.75, 3.05) is 7.05 Å². The molecule has 1 nitrogen and oxygen atoms in total. The quantitative estimate of drug-likeness (QED) is 0.710. The van der Waals surface area contributed by atoms with E-state index in [-0.39, 0.29) is 0 Å². The average Bonchev–Trinajstić information content (AvgIpc) is 2.32. The predicted molar refractivity (Wildman–Crippen MR) is 92.7 cm³/mol. The number of hydrogen-bond donors (Lipinski definition) is 1. The molecule has 1 aromatic carbocycles. The standard InChI is InChI=1S/C20H33N/c1-15(14-20(2,3)4)13-19(21-5)18-12-7-6-11-17(18)16-9-8-10-16/h6-7,11-12,15-16,19,21H,8-10,13-14H2,1-5H3. The zero-order valence-electron chi connectivity index (χ0n) is 14.6. The number of benzene rings is 1. The van der Waals surface area contributed by atoms with Gasteiger partial charge in [0.15, 0.2) is 0 Å². The molecule has 0 bridgehead atoms. The number of hydrogen-bond acceptors (Lipinski definition) is 1. The molecule has 0 aliphatic heterocycles. The highest BCUT2D eigenvalue weighted by Gasteiger charge is 2.26. The molecule has 0 amide bonds. The molecule has 1 saturated carbocycles. The first kappa shape index (κ1) is 16.5. The van der Waals surface area contributed by atoms with Crippen LogP contribution in [0.3, 0.4) is 0 Å². The van der Waals surface area contributed by atoms with Crippen LogP contribution < -0.4 is 5.32 Å². The molecule has 0 heterocycles. The van der Waals surface area contributed by atoms with Crippen LogP contribution >= 0.6 is 0 Å². The third-order valence-electron chi connectivity index (χ3n) is 4.86. The summed E-state index contributed by atoms with van der Waals surface area (Å²) in [6.07, 6.45) is 6.69. The lowest BCUT2D eigenvalue weighted by molar-refractivity contribution is 0.278. The van der Waals surface area contributed by atoms with Gasteiger partial charge in [-0.3, -0.25) is 0 Å². The van der Waals surface area contributed by atoms with Crippen LogP contribution in [0.2, 0.25) is 0 Å². The van der Waals surface area contributed by atoms with Crippen LogP contribution in [0.1, 0.15) is 82.9 Å². The van der Waals surface area contributed by atoms with E-state index in [1.165, 1.54) is 32.1 Å². The fourth-order valence-corrected chi connectivity index (χ4v) is 3.85. The molecule has 1 heteroatoms. The first-order chi connectivity index (χ1) is 9.90. The average molecular weight is 287 g/mol. The second kappa shape index (κ2) is 6.96. The molecule has 1 aromatic rings. The number of rotatable bonds is 6. The molecule has 0 radical (unpaired) electrons.